The summed E-state index contributed by atoms with van der Waals surface area (Å²) in [6, 6.07) is 0. The van der Waals surface area contributed by atoms with Crippen LogP contribution in [-0.4, -0.2) is 17.0 Å². The van der Waals surface area contributed by atoms with Gasteiger partial charge in [0.2, 0.25) is 0 Å². The van der Waals surface area contributed by atoms with Gasteiger partial charge in [-0.3, -0.25) is 4.79 Å². The highest BCUT2D eigenvalue weighted by molar-refractivity contribution is 5.79. The van der Waals surface area contributed by atoms with E-state index in [1.807, 2.05) is 0 Å². The molecule has 0 N–H and O–H groups in total. The highest BCUT2D eigenvalue weighted by Gasteiger charge is 2.79. The minimum absolute atomic E-state index is 0.239. The Bertz CT molecular complexity index is 554. The Balaban J connectivity index is 1.45. The fourth-order valence-electron chi connectivity index (χ4n) is 8.08. The second-order valence-electron chi connectivity index (χ2n) is 10.0. The number of rotatable bonds is 1. The van der Waals surface area contributed by atoms with E-state index in [0.717, 1.165) is 37.0 Å². The average molecular weight is 316 g/mol. The predicted octanol–water partition coefficient (Wildman–Crippen LogP) is 4.76. The molecule has 2 heteroatoms. The van der Waals surface area contributed by atoms with Crippen LogP contribution in [0.15, 0.2) is 0 Å². The number of Topliss-reactive ketones (excluding diaryl/α,β-unsaturated/α-hetero) is 1. The third kappa shape index (κ3) is 1.62. The van der Waals surface area contributed by atoms with Crippen molar-refractivity contribution in [2.24, 2.45) is 35.0 Å². The molecule has 1 saturated heterocycles. The number of epoxide rings is 1. The molecule has 0 aromatic heterocycles. The minimum Gasteiger partial charge on any atom is -0.362 e. The number of hydrogen-bond donors (Lipinski definition) is 0. The zero-order valence-electron chi connectivity index (χ0n) is 15.1. The van der Waals surface area contributed by atoms with E-state index in [2.05, 4.69) is 20.8 Å². The van der Waals surface area contributed by atoms with Crippen LogP contribution in [-0.2, 0) is 9.53 Å². The van der Waals surface area contributed by atoms with E-state index >= 15 is 0 Å². The van der Waals surface area contributed by atoms with E-state index in [1.165, 1.54) is 38.5 Å². The van der Waals surface area contributed by atoms with Crippen molar-refractivity contribution in [1.29, 1.82) is 0 Å². The van der Waals surface area contributed by atoms with Gasteiger partial charge in [0.15, 0.2) is 0 Å². The van der Waals surface area contributed by atoms with Crippen LogP contribution in [0.3, 0.4) is 0 Å². The molecule has 0 radical (unpaired) electrons. The zero-order valence-corrected chi connectivity index (χ0v) is 15.1. The van der Waals surface area contributed by atoms with Crippen LogP contribution >= 0.6 is 0 Å². The molecule has 0 aromatic rings. The van der Waals surface area contributed by atoms with Crippen molar-refractivity contribution >= 4 is 5.78 Å². The summed E-state index contributed by atoms with van der Waals surface area (Å²) in [6.45, 7) is 7.28. The molecule has 23 heavy (non-hydrogen) atoms. The molecule has 128 valence electrons. The first-order chi connectivity index (χ1) is 10.9. The van der Waals surface area contributed by atoms with Gasteiger partial charge >= 0.3 is 0 Å². The molecule has 7 atom stereocenters. The van der Waals surface area contributed by atoms with E-state index in [-0.39, 0.29) is 11.2 Å². The molecule has 4 saturated carbocycles. The van der Waals surface area contributed by atoms with Crippen LogP contribution < -0.4 is 0 Å². The maximum Gasteiger partial charge on any atom is 0.133 e. The zero-order chi connectivity index (χ0) is 16.0. The lowest BCUT2D eigenvalue weighted by molar-refractivity contribution is -0.136. The first-order valence-electron chi connectivity index (χ1n) is 10.1. The van der Waals surface area contributed by atoms with Gasteiger partial charge in [-0.2, -0.15) is 0 Å². The molecule has 1 spiro atoms. The van der Waals surface area contributed by atoms with Gasteiger partial charge in [0, 0.05) is 12.8 Å². The molecule has 0 amide bonds. The van der Waals surface area contributed by atoms with Crippen molar-refractivity contribution < 1.29 is 9.53 Å². The number of hydrogen-bond acceptors (Lipinski definition) is 2. The first-order valence-corrected chi connectivity index (χ1v) is 10.1. The molecule has 5 fully saturated rings. The van der Waals surface area contributed by atoms with E-state index in [0.29, 0.717) is 23.0 Å². The van der Waals surface area contributed by atoms with Crippen LogP contribution in [0.25, 0.3) is 0 Å². The highest BCUT2D eigenvalue weighted by atomic mass is 16.6. The first kappa shape index (κ1) is 14.9. The summed E-state index contributed by atoms with van der Waals surface area (Å²) in [5.74, 6) is 4.43. The maximum atomic E-state index is 12.0. The smallest absolute Gasteiger partial charge is 0.133 e. The van der Waals surface area contributed by atoms with Crippen molar-refractivity contribution in [3.63, 3.8) is 0 Å². The Morgan fingerprint density at radius 2 is 1.83 bits per heavy atom. The lowest BCUT2D eigenvalue weighted by Gasteiger charge is -2.57. The van der Waals surface area contributed by atoms with Crippen LogP contribution in [0.2, 0.25) is 0 Å². The van der Waals surface area contributed by atoms with Crippen LogP contribution in [0.5, 0.6) is 0 Å². The number of carbonyl (C=O) groups excluding carboxylic acids is 1. The molecule has 5 aliphatic rings. The summed E-state index contributed by atoms with van der Waals surface area (Å²) in [4.78, 5) is 12.0. The lowest BCUT2D eigenvalue weighted by atomic mass is 9.46. The molecule has 4 aliphatic carbocycles. The molecule has 1 aliphatic heterocycles. The van der Waals surface area contributed by atoms with Gasteiger partial charge in [0.05, 0.1) is 0 Å². The fraction of sp³-hybridized carbons (Fsp3) is 0.952. The van der Waals surface area contributed by atoms with Gasteiger partial charge in [-0.05, 0) is 80.0 Å². The van der Waals surface area contributed by atoms with E-state index in [1.54, 1.807) is 0 Å². The SMILES string of the molecule is CC(C)[C@]12CC[C@H]3[C@@H]4CC[C@H]5CC(=O)CC[C@]5(C)[C@H]4CC[C@@]31O2. The summed E-state index contributed by atoms with van der Waals surface area (Å²) in [5, 5.41) is 0. The number of ether oxygens (including phenoxy) is 1. The van der Waals surface area contributed by atoms with Gasteiger partial charge < -0.3 is 4.74 Å². The average Bonchev–Trinajstić information content (AvgIpc) is 3.05. The van der Waals surface area contributed by atoms with Crippen molar-refractivity contribution in [3.8, 4) is 0 Å². The van der Waals surface area contributed by atoms with Gasteiger partial charge in [-0.15, -0.1) is 0 Å². The van der Waals surface area contributed by atoms with Crippen LogP contribution in [0, 0.1) is 35.0 Å². The molecule has 5 rings (SSSR count). The predicted molar refractivity (Wildman–Crippen MR) is 90.0 cm³/mol. The Labute approximate surface area is 140 Å². The molecule has 1 heterocycles. The number of ketones is 1. The molecule has 2 nitrogen and oxygen atoms in total. The summed E-state index contributed by atoms with van der Waals surface area (Å²) < 4.78 is 6.57. The third-order valence-electron chi connectivity index (χ3n) is 9.30. The molecular formula is C21H32O2. The van der Waals surface area contributed by atoms with Crippen molar-refractivity contribution in [2.75, 3.05) is 0 Å². The number of carbonyl (C=O) groups is 1. The monoisotopic (exact) mass is 316 g/mol. The van der Waals surface area contributed by atoms with Gasteiger partial charge in [-0.1, -0.05) is 20.8 Å². The summed E-state index contributed by atoms with van der Waals surface area (Å²) in [6.07, 6.45) is 10.9. The largest absolute Gasteiger partial charge is 0.362 e. The Kier molecular flexibility index (Phi) is 2.87. The maximum absolute atomic E-state index is 12.0. The van der Waals surface area contributed by atoms with Gasteiger partial charge in [0.1, 0.15) is 17.0 Å². The Morgan fingerprint density at radius 1 is 1.04 bits per heavy atom. The van der Waals surface area contributed by atoms with Crippen LogP contribution in [0.1, 0.15) is 78.6 Å². The topological polar surface area (TPSA) is 29.6 Å². The highest BCUT2D eigenvalue weighted by Crippen LogP contribution is 2.75. The normalized spacial score (nSPS) is 57.5. The summed E-state index contributed by atoms with van der Waals surface area (Å²) in [5.41, 5.74) is 0.940. The van der Waals surface area contributed by atoms with Crippen molar-refractivity contribution in [2.45, 2.75) is 89.8 Å². The number of fused-ring (bicyclic) bond motifs is 4. The molecule has 0 bridgehead atoms. The lowest BCUT2D eigenvalue weighted by Crippen LogP contribution is -2.53. The Hall–Kier alpha value is -0.370. The molecule has 0 aromatic carbocycles. The molecular weight excluding hydrogens is 284 g/mol. The van der Waals surface area contributed by atoms with Gasteiger partial charge in [-0.25, -0.2) is 0 Å². The quantitative estimate of drug-likeness (QED) is 0.653. The third-order valence-corrected chi connectivity index (χ3v) is 9.30. The standard InChI is InChI=1S/C21H32O2/c1-13(2)20-10-8-18-16-5-4-14-12-15(22)6-9-19(14,3)17(16)7-11-21(18,20)23-20/h13-14,16-18H,4-12H2,1-3H3/t14-,16+,17-,18-,19-,20+,21+/m0/s1. The van der Waals surface area contributed by atoms with Crippen LogP contribution in [0.4, 0.5) is 0 Å². The summed E-state index contributed by atoms with van der Waals surface area (Å²) in [7, 11) is 0. The summed E-state index contributed by atoms with van der Waals surface area (Å²) >= 11 is 0. The second kappa shape index (κ2) is 4.42. The van der Waals surface area contributed by atoms with Gasteiger partial charge in [0.25, 0.3) is 0 Å². The Morgan fingerprint density at radius 3 is 2.57 bits per heavy atom. The van der Waals surface area contributed by atoms with E-state index in [9.17, 15) is 4.79 Å². The van der Waals surface area contributed by atoms with E-state index in [4.69, 9.17) is 4.74 Å². The van der Waals surface area contributed by atoms with Crippen molar-refractivity contribution in [3.05, 3.63) is 0 Å². The van der Waals surface area contributed by atoms with Crippen molar-refractivity contribution in [1.82, 2.24) is 0 Å². The minimum atomic E-state index is 0.239. The van der Waals surface area contributed by atoms with E-state index < -0.39 is 0 Å². The fourth-order valence-corrected chi connectivity index (χ4v) is 8.08. The molecule has 0 unspecified atom stereocenters. The second-order valence-corrected chi connectivity index (χ2v) is 10.0.